The Bertz CT molecular complexity index is 348. The van der Waals surface area contributed by atoms with Crippen LogP contribution in [-0.4, -0.2) is 31.9 Å². The molecule has 0 amide bonds. The minimum Gasteiger partial charge on any atom is -0.478 e. The minimum atomic E-state index is 0.601. The van der Waals surface area contributed by atoms with E-state index < -0.39 is 0 Å². The third-order valence-electron chi connectivity index (χ3n) is 2.39. The summed E-state index contributed by atoms with van der Waals surface area (Å²) in [6.45, 7) is 5.14. The zero-order valence-electron chi connectivity index (χ0n) is 11.0. The van der Waals surface area contributed by atoms with E-state index in [2.05, 4.69) is 17.2 Å². The second-order valence-corrected chi connectivity index (χ2v) is 4.39. The molecular formula is C13H21ClN2O2. The number of ether oxygens (including phenoxy) is 2. The van der Waals surface area contributed by atoms with Gasteiger partial charge in [0.25, 0.3) is 0 Å². The molecule has 1 rings (SSSR count). The molecule has 18 heavy (non-hydrogen) atoms. The van der Waals surface area contributed by atoms with Crippen LogP contribution >= 0.6 is 11.6 Å². The van der Waals surface area contributed by atoms with E-state index in [1.54, 1.807) is 13.3 Å². The van der Waals surface area contributed by atoms with Crippen molar-refractivity contribution in [1.82, 2.24) is 10.3 Å². The standard InChI is InChI=1S/C13H21ClN2O2/c1-3-5-15-9-11-8-13(16-10-12(11)14)18-7-4-6-17-2/h8,10,15H,3-7,9H2,1-2H3. The highest BCUT2D eigenvalue weighted by Crippen LogP contribution is 2.19. The van der Waals surface area contributed by atoms with Crippen LogP contribution in [0.3, 0.4) is 0 Å². The van der Waals surface area contributed by atoms with E-state index in [0.29, 0.717) is 24.1 Å². The first-order valence-electron chi connectivity index (χ1n) is 6.24. The third kappa shape index (κ3) is 5.67. The van der Waals surface area contributed by atoms with Crippen molar-refractivity contribution in [2.24, 2.45) is 0 Å². The van der Waals surface area contributed by atoms with Gasteiger partial charge in [-0.2, -0.15) is 0 Å². The summed E-state index contributed by atoms with van der Waals surface area (Å²) in [5.41, 5.74) is 1.02. The van der Waals surface area contributed by atoms with Crippen LogP contribution < -0.4 is 10.1 Å². The average molecular weight is 273 g/mol. The fourth-order valence-corrected chi connectivity index (χ4v) is 1.62. The molecule has 0 saturated carbocycles. The molecule has 1 N–H and O–H groups in total. The predicted molar refractivity (Wildman–Crippen MR) is 73.2 cm³/mol. The summed E-state index contributed by atoms with van der Waals surface area (Å²) in [5.74, 6) is 0.615. The molecule has 1 heterocycles. The van der Waals surface area contributed by atoms with Gasteiger partial charge >= 0.3 is 0 Å². The van der Waals surface area contributed by atoms with Crippen molar-refractivity contribution in [1.29, 1.82) is 0 Å². The summed E-state index contributed by atoms with van der Waals surface area (Å²) in [5, 5.41) is 3.98. The van der Waals surface area contributed by atoms with E-state index in [0.717, 1.165) is 31.5 Å². The lowest BCUT2D eigenvalue weighted by Crippen LogP contribution is -2.14. The monoisotopic (exact) mass is 272 g/mol. The number of methoxy groups -OCH3 is 1. The van der Waals surface area contributed by atoms with E-state index in [-0.39, 0.29) is 0 Å². The predicted octanol–water partition coefficient (Wildman–Crippen LogP) is 2.65. The maximum atomic E-state index is 6.08. The molecule has 0 bridgehead atoms. The van der Waals surface area contributed by atoms with E-state index >= 15 is 0 Å². The molecule has 0 fully saturated rings. The Morgan fingerprint density at radius 1 is 1.39 bits per heavy atom. The van der Waals surface area contributed by atoms with Gasteiger partial charge in [0.1, 0.15) is 0 Å². The zero-order valence-corrected chi connectivity index (χ0v) is 11.8. The topological polar surface area (TPSA) is 43.4 Å². The molecule has 0 unspecified atom stereocenters. The van der Waals surface area contributed by atoms with Crippen LogP contribution in [0.25, 0.3) is 0 Å². The van der Waals surface area contributed by atoms with Crippen LogP contribution in [0.1, 0.15) is 25.3 Å². The maximum absolute atomic E-state index is 6.08. The summed E-state index contributed by atoms with van der Waals surface area (Å²) >= 11 is 6.08. The second-order valence-electron chi connectivity index (χ2n) is 3.99. The first kappa shape index (κ1) is 15.2. The Labute approximate surface area is 114 Å². The fourth-order valence-electron chi connectivity index (χ4n) is 1.45. The maximum Gasteiger partial charge on any atom is 0.213 e. The summed E-state index contributed by atoms with van der Waals surface area (Å²) < 4.78 is 10.5. The lowest BCUT2D eigenvalue weighted by atomic mass is 10.2. The van der Waals surface area contributed by atoms with Crippen molar-refractivity contribution in [3.05, 3.63) is 22.8 Å². The van der Waals surface area contributed by atoms with Crippen LogP contribution in [0.15, 0.2) is 12.3 Å². The van der Waals surface area contributed by atoms with Crippen molar-refractivity contribution in [3.63, 3.8) is 0 Å². The fraction of sp³-hybridized carbons (Fsp3) is 0.615. The van der Waals surface area contributed by atoms with Crippen LogP contribution in [0.4, 0.5) is 0 Å². The van der Waals surface area contributed by atoms with Crippen LogP contribution in [0.2, 0.25) is 5.02 Å². The van der Waals surface area contributed by atoms with Gasteiger partial charge in [-0.3, -0.25) is 0 Å². The quantitative estimate of drug-likeness (QED) is 0.702. The van der Waals surface area contributed by atoms with Gasteiger partial charge in [0, 0.05) is 38.9 Å². The first-order chi connectivity index (χ1) is 8.77. The third-order valence-corrected chi connectivity index (χ3v) is 2.73. The number of hydrogen-bond donors (Lipinski definition) is 1. The molecule has 1 aromatic heterocycles. The first-order valence-corrected chi connectivity index (χ1v) is 6.62. The van der Waals surface area contributed by atoms with E-state index in [9.17, 15) is 0 Å². The molecule has 4 nitrogen and oxygen atoms in total. The SMILES string of the molecule is CCCNCc1cc(OCCCOC)ncc1Cl. The molecule has 5 heteroatoms. The van der Waals surface area contributed by atoms with Crippen molar-refractivity contribution < 1.29 is 9.47 Å². The zero-order chi connectivity index (χ0) is 13.2. The lowest BCUT2D eigenvalue weighted by molar-refractivity contribution is 0.170. The molecular weight excluding hydrogens is 252 g/mol. The summed E-state index contributed by atoms with van der Waals surface area (Å²) in [6, 6.07) is 1.89. The van der Waals surface area contributed by atoms with Crippen molar-refractivity contribution >= 4 is 11.6 Å². The van der Waals surface area contributed by atoms with Crippen LogP contribution in [0.5, 0.6) is 5.88 Å². The number of aromatic nitrogens is 1. The van der Waals surface area contributed by atoms with Gasteiger partial charge in [-0.15, -0.1) is 0 Å². The normalized spacial score (nSPS) is 10.6. The summed E-state index contributed by atoms with van der Waals surface area (Å²) in [7, 11) is 1.68. The van der Waals surface area contributed by atoms with Crippen molar-refractivity contribution in [3.8, 4) is 5.88 Å². The summed E-state index contributed by atoms with van der Waals surface area (Å²) in [6.07, 6.45) is 3.59. The molecule has 0 aliphatic rings. The Morgan fingerprint density at radius 3 is 2.94 bits per heavy atom. The van der Waals surface area contributed by atoms with Gasteiger partial charge in [-0.05, 0) is 18.5 Å². The Balaban J connectivity index is 2.46. The van der Waals surface area contributed by atoms with E-state index in [4.69, 9.17) is 21.1 Å². The smallest absolute Gasteiger partial charge is 0.213 e. The summed E-state index contributed by atoms with van der Waals surface area (Å²) in [4.78, 5) is 4.14. The number of nitrogens with zero attached hydrogens (tertiary/aromatic N) is 1. The Kier molecular flexibility index (Phi) is 7.73. The number of halogens is 1. The van der Waals surface area contributed by atoms with Crippen molar-refractivity contribution in [2.75, 3.05) is 26.9 Å². The van der Waals surface area contributed by atoms with Crippen molar-refractivity contribution in [2.45, 2.75) is 26.3 Å². The number of rotatable bonds is 9. The van der Waals surface area contributed by atoms with Gasteiger partial charge in [-0.1, -0.05) is 18.5 Å². The number of nitrogens with one attached hydrogen (secondary N) is 1. The number of hydrogen-bond acceptors (Lipinski definition) is 4. The molecule has 0 atom stereocenters. The highest BCUT2D eigenvalue weighted by molar-refractivity contribution is 6.31. The van der Waals surface area contributed by atoms with Gasteiger partial charge < -0.3 is 14.8 Å². The van der Waals surface area contributed by atoms with Gasteiger partial charge in [0.05, 0.1) is 11.6 Å². The number of pyridine rings is 1. The van der Waals surface area contributed by atoms with Gasteiger partial charge in [0.2, 0.25) is 5.88 Å². The molecule has 0 spiro atoms. The average Bonchev–Trinajstić information content (AvgIpc) is 2.38. The minimum absolute atomic E-state index is 0.601. The Hall–Kier alpha value is -0.840. The molecule has 102 valence electrons. The molecule has 0 aliphatic carbocycles. The molecule has 0 aromatic carbocycles. The largest absolute Gasteiger partial charge is 0.478 e. The lowest BCUT2D eigenvalue weighted by Gasteiger charge is -2.09. The Morgan fingerprint density at radius 2 is 2.22 bits per heavy atom. The van der Waals surface area contributed by atoms with Gasteiger partial charge in [-0.25, -0.2) is 4.98 Å². The molecule has 0 saturated heterocycles. The molecule has 1 aromatic rings. The highest BCUT2D eigenvalue weighted by atomic mass is 35.5. The highest BCUT2D eigenvalue weighted by Gasteiger charge is 2.04. The second kappa shape index (κ2) is 9.14. The van der Waals surface area contributed by atoms with Crippen LogP contribution in [0, 0.1) is 0 Å². The van der Waals surface area contributed by atoms with E-state index in [1.807, 2.05) is 6.07 Å². The molecule has 0 aliphatic heterocycles. The van der Waals surface area contributed by atoms with Gasteiger partial charge in [0.15, 0.2) is 0 Å². The molecule has 0 radical (unpaired) electrons. The van der Waals surface area contributed by atoms with Crippen LogP contribution in [-0.2, 0) is 11.3 Å². The van der Waals surface area contributed by atoms with E-state index in [1.165, 1.54) is 0 Å².